The van der Waals surface area contributed by atoms with Crippen molar-refractivity contribution < 1.29 is 17.9 Å². The van der Waals surface area contributed by atoms with Crippen LogP contribution >= 0.6 is 23.6 Å². The topological polar surface area (TPSA) is 107 Å². The average Bonchev–Trinajstić information content (AvgIpc) is 3.45. The van der Waals surface area contributed by atoms with E-state index in [0.717, 1.165) is 39.7 Å². The molecule has 170 valence electrons. The summed E-state index contributed by atoms with van der Waals surface area (Å²) < 4.78 is 34.2. The number of likely N-dealkylation sites (N-methyl/N-ethyl adjacent to an activating group) is 1. The number of hydrogen-bond acceptors (Lipinski definition) is 7. The molecule has 2 N–H and O–H groups in total. The van der Waals surface area contributed by atoms with Gasteiger partial charge in [-0.05, 0) is 42.3 Å². The summed E-state index contributed by atoms with van der Waals surface area (Å²) in [6.45, 7) is -0.398. The molecule has 0 aliphatic heterocycles. The maximum Gasteiger partial charge on any atom is 0.321 e. The van der Waals surface area contributed by atoms with Crippen LogP contribution in [0.2, 0.25) is 0 Å². The van der Waals surface area contributed by atoms with Gasteiger partial charge < -0.3 is 14.9 Å². The van der Waals surface area contributed by atoms with E-state index in [1.54, 1.807) is 17.6 Å². The molecule has 2 atom stereocenters. The lowest BCUT2D eigenvalue weighted by Crippen LogP contribution is -2.53. The summed E-state index contributed by atoms with van der Waals surface area (Å²) in [7, 11) is -2.39. The summed E-state index contributed by atoms with van der Waals surface area (Å²) >= 11 is 6.60. The van der Waals surface area contributed by atoms with Crippen molar-refractivity contribution in [3.8, 4) is 0 Å². The number of thiocarbonyl (C=S) groups is 1. The third kappa shape index (κ3) is 4.05. The fourth-order valence-corrected chi connectivity index (χ4v) is 6.93. The molecule has 0 aromatic carbocycles. The Balaban J connectivity index is 1.59. The SMILES string of the molecule is CN(CC(=O)OC1CCCCC1(C(N)=S)c1ccc2nccn2c1)S(=O)(=O)c1cccs1. The molecule has 0 saturated heterocycles. The first-order valence-corrected chi connectivity index (χ1v) is 12.9. The summed E-state index contributed by atoms with van der Waals surface area (Å²) in [5.41, 5.74) is 7.08. The number of carbonyl (C=O) groups is 1. The zero-order valence-corrected chi connectivity index (χ0v) is 20.0. The molecule has 3 aromatic heterocycles. The van der Waals surface area contributed by atoms with E-state index in [0.29, 0.717) is 12.8 Å². The molecule has 8 nitrogen and oxygen atoms in total. The standard InChI is InChI=1S/C21H24N4O4S3/c1-24(32(27,28)19-6-4-12-31-19)14-18(26)29-16-5-2-3-9-21(16,20(22)30)15-7-8-17-23-10-11-25(17)13-15/h4,6-8,10-13,16H,2-3,5,9,14H2,1H3,(H2,22,30). The first-order chi connectivity index (χ1) is 15.2. The predicted molar refractivity (Wildman–Crippen MR) is 126 cm³/mol. The quantitative estimate of drug-likeness (QED) is 0.399. The van der Waals surface area contributed by atoms with Crippen molar-refractivity contribution >= 4 is 50.2 Å². The van der Waals surface area contributed by atoms with Gasteiger partial charge in [0.1, 0.15) is 22.5 Å². The Morgan fingerprint density at radius 2 is 2.22 bits per heavy atom. The summed E-state index contributed by atoms with van der Waals surface area (Å²) in [5.74, 6) is -0.635. The Bertz CT molecular complexity index is 1240. The van der Waals surface area contributed by atoms with Gasteiger partial charge in [-0.3, -0.25) is 4.79 Å². The molecule has 1 aliphatic rings. The second kappa shape index (κ2) is 8.89. The maximum atomic E-state index is 12.8. The van der Waals surface area contributed by atoms with Gasteiger partial charge in [0, 0.05) is 25.6 Å². The summed E-state index contributed by atoms with van der Waals surface area (Å²) in [6.07, 6.45) is 7.85. The van der Waals surface area contributed by atoms with Crippen LogP contribution in [0.5, 0.6) is 0 Å². The van der Waals surface area contributed by atoms with E-state index in [2.05, 4.69) is 4.98 Å². The molecule has 4 rings (SSSR count). The zero-order chi connectivity index (χ0) is 22.9. The summed E-state index contributed by atoms with van der Waals surface area (Å²) in [6, 6.07) is 6.96. The number of esters is 1. The number of imidazole rings is 1. The van der Waals surface area contributed by atoms with E-state index < -0.39 is 34.1 Å². The fourth-order valence-electron chi connectivity index (χ4n) is 4.27. The Kier molecular flexibility index (Phi) is 6.35. The van der Waals surface area contributed by atoms with Crippen molar-refractivity contribution in [2.24, 2.45) is 5.73 Å². The van der Waals surface area contributed by atoms with Gasteiger partial charge in [-0.1, -0.05) is 30.8 Å². The number of nitrogens with zero attached hydrogens (tertiary/aromatic N) is 3. The van der Waals surface area contributed by atoms with Crippen LogP contribution in [0.1, 0.15) is 31.2 Å². The molecule has 3 heterocycles. The van der Waals surface area contributed by atoms with Crippen molar-refractivity contribution in [1.29, 1.82) is 0 Å². The van der Waals surface area contributed by atoms with Crippen molar-refractivity contribution in [3.05, 3.63) is 53.8 Å². The number of nitrogens with two attached hydrogens (primary N) is 1. The van der Waals surface area contributed by atoms with E-state index in [-0.39, 0.29) is 9.20 Å². The van der Waals surface area contributed by atoms with Gasteiger partial charge in [0.15, 0.2) is 0 Å². The highest BCUT2D eigenvalue weighted by atomic mass is 32.2. The van der Waals surface area contributed by atoms with Crippen LogP contribution in [0.15, 0.2) is 52.4 Å². The number of sulfonamides is 1. The molecule has 3 aromatic rings. The van der Waals surface area contributed by atoms with Crippen molar-refractivity contribution in [2.75, 3.05) is 13.6 Å². The van der Waals surface area contributed by atoms with E-state index >= 15 is 0 Å². The fraction of sp³-hybridized carbons (Fsp3) is 0.381. The summed E-state index contributed by atoms with van der Waals surface area (Å²) in [5, 5.41) is 1.68. The van der Waals surface area contributed by atoms with Gasteiger partial charge in [0.25, 0.3) is 10.0 Å². The highest BCUT2D eigenvalue weighted by Gasteiger charge is 2.47. The van der Waals surface area contributed by atoms with Crippen LogP contribution in [-0.2, 0) is 25.0 Å². The van der Waals surface area contributed by atoms with Crippen LogP contribution in [-0.4, -0.2) is 52.8 Å². The van der Waals surface area contributed by atoms with Crippen LogP contribution < -0.4 is 5.73 Å². The number of carbonyl (C=O) groups excluding carboxylic acids is 1. The highest BCUT2D eigenvalue weighted by molar-refractivity contribution is 7.91. The molecular formula is C21H24N4O4S3. The normalized spacial score (nSPS) is 21.6. The molecule has 1 fully saturated rings. The molecule has 1 saturated carbocycles. The maximum absolute atomic E-state index is 12.8. The summed E-state index contributed by atoms with van der Waals surface area (Å²) in [4.78, 5) is 17.4. The van der Waals surface area contributed by atoms with Crippen molar-refractivity contribution in [2.45, 2.75) is 41.4 Å². The van der Waals surface area contributed by atoms with Crippen LogP contribution in [0, 0.1) is 0 Å². The number of rotatable bonds is 7. The van der Waals surface area contributed by atoms with Gasteiger partial charge in [0.2, 0.25) is 0 Å². The largest absolute Gasteiger partial charge is 0.460 e. The third-order valence-electron chi connectivity index (χ3n) is 5.97. The Hall–Kier alpha value is -2.34. The first kappa shape index (κ1) is 22.8. The molecule has 32 heavy (non-hydrogen) atoms. The lowest BCUT2D eigenvalue weighted by Gasteiger charge is -2.43. The molecule has 2 unspecified atom stereocenters. The minimum atomic E-state index is -3.76. The minimum Gasteiger partial charge on any atom is -0.460 e. The molecule has 0 radical (unpaired) electrons. The molecule has 0 bridgehead atoms. The second-order valence-electron chi connectivity index (χ2n) is 7.86. The van der Waals surface area contributed by atoms with Gasteiger partial charge in [-0.25, -0.2) is 13.4 Å². The number of ether oxygens (including phenoxy) is 1. The van der Waals surface area contributed by atoms with E-state index in [1.165, 1.54) is 13.1 Å². The zero-order valence-electron chi connectivity index (χ0n) is 17.5. The van der Waals surface area contributed by atoms with Gasteiger partial charge >= 0.3 is 5.97 Å². The molecular weight excluding hydrogens is 468 g/mol. The molecule has 0 amide bonds. The molecule has 11 heteroatoms. The lowest BCUT2D eigenvalue weighted by molar-refractivity contribution is -0.153. The van der Waals surface area contributed by atoms with Gasteiger partial charge in [-0.15, -0.1) is 11.3 Å². The van der Waals surface area contributed by atoms with E-state index in [1.807, 2.05) is 28.9 Å². The van der Waals surface area contributed by atoms with Crippen molar-refractivity contribution in [1.82, 2.24) is 13.7 Å². The first-order valence-electron chi connectivity index (χ1n) is 10.2. The third-order valence-corrected chi connectivity index (χ3v) is 9.51. The highest BCUT2D eigenvalue weighted by Crippen LogP contribution is 2.42. The van der Waals surface area contributed by atoms with Crippen LogP contribution in [0.3, 0.4) is 0 Å². The molecule has 1 aliphatic carbocycles. The predicted octanol–water partition coefficient (Wildman–Crippen LogP) is 2.73. The lowest BCUT2D eigenvalue weighted by atomic mass is 9.67. The molecule has 0 spiro atoms. The van der Waals surface area contributed by atoms with Crippen LogP contribution in [0.25, 0.3) is 5.65 Å². The van der Waals surface area contributed by atoms with Crippen molar-refractivity contribution in [3.63, 3.8) is 0 Å². The van der Waals surface area contributed by atoms with E-state index in [9.17, 15) is 13.2 Å². The van der Waals surface area contributed by atoms with Crippen LogP contribution in [0.4, 0.5) is 0 Å². The minimum absolute atomic E-state index is 0.177. The smallest absolute Gasteiger partial charge is 0.321 e. The van der Waals surface area contributed by atoms with E-state index in [4.69, 9.17) is 22.7 Å². The number of thiophene rings is 1. The average molecular weight is 493 g/mol. The number of hydrogen-bond donors (Lipinski definition) is 1. The monoisotopic (exact) mass is 492 g/mol. The Labute approximate surface area is 196 Å². The Morgan fingerprint density at radius 3 is 2.94 bits per heavy atom. The van der Waals surface area contributed by atoms with Gasteiger partial charge in [-0.2, -0.15) is 4.31 Å². The number of fused-ring (bicyclic) bond motifs is 1. The Morgan fingerprint density at radius 1 is 1.41 bits per heavy atom. The number of aromatic nitrogens is 2. The second-order valence-corrected chi connectivity index (χ2v) is 11.5. The number of pyridine rings is 1. The van der Waals surface area contributed by atoms with Gasteiger partial charge in [0.05, 0.1) is 10.4 Å².